The van der Waals surface area contributed by atoms with Gasteiger partial charge in [0.25, 0.3) is 10.0 Å². The van der Waals surface area contributed by atoms with E-state index in [1.54, 1.807) is 49.4 Å². The predicted molar refractivity (Wildman–Crippen MR) is 156 cm³/mol. The largest absolute Gasteiger partial charge is 0.354 e. The van der Waals surface area contributed by atoms with Gasteiger partial charge in [-0.05, 0) is 54.7 Å². The third-order valence-electron chi connectivity index (χ3n) is 6.61. The number of benzene rings is 3. The molecular weight excluding hydrogens is 529 g/mol. The number of anilines is 1. The molecule has 0 aromatic heterocycles. The molecule has 3 aromatic rings. The second-order valence-electron chi connectivity index (χ2n) is 10.5. The molecule has 0 spiro atoms. The highest BCUT2D eigenvalue weighted by Crippen LogP contribution is 2.26. The van der Waals surface area contributed by atoms with Crippen molar-refractivity contribution in [3.8, 4) is 0 Å². The molecule has 40 heavy (non-hydrogen) atoms. The van der Waals surface area contributed by atoms with E-state index in [9.17, 15) is 22.4 Å². The van der Waals surface area contributed by atoms with Crippen molar-refractivity contribution < 1.29 is 22.4 Å². The highest BCUT2D eigenvalue weighted by molar-refractivity contribution is 7.92. The van der Waals surface area contributed by atoms with Gasteiger partial charge >= 0.3 is 0 Å². The van der Waals surface area contributed by atoms with Crippen LogP contribution in [0.4, 0.5) is 10.1 Å². The molecule has 0 radical (unpaired) electrons. The smallest absolute Gasteiger partial charge is 0.264 e. The maximum absolute atomic E-state index is 14.6. The van der Waals surface area contributed by atoms with E-state index in [4.69, 9.17) is 0 Å². The fraction of sp³-hybridized carbons (Fsp3) is 0.355. The Morgan fingerprint density at radius 1 is 0.850 bits per heavy atom. The summed E-state index contributed by atoms with van der Waals surface area (Å²) in [5.41, 5.74) is 1.55. The van der Waals surface area contributed by atoms with Crippen molar-refractivity contribution in [3.05, 3.63) is 95.8 Å². The maximum Gasteiger partial charge on any atom is 0.264 e. The van der Waals surface area contributed by atoms with E-state index in [1.165, 1.54) is 29.2 Å². The van der Waals surface area contributed by atoms with Gasteiger partial charge in [0.15, 0.2) is 0 Å². The molecule has 2 amide bonds. The highest BCUT2D eigenvalue weighted by Gasteiger charge is 2.32. The van der Waals surface area contributed by atoms with E-state index in [0.29, 0.717) is 12.2 Å². The molecule has 214 valence electrons. The quantitative estimate of drug-likeness (QED) is 0.320. The van der Waals surface area contributed by atoms with Crippen LogP contribution in [-0.4, -0.2) is 44.3 Å². The van der Waals surface area contributed by atoms with Crippen molar-refractivity contribution in [1.82, 2.24) is 10.2 Å². The van der Waals surface area contributed by atoms with E-state index in [1.807, 2.05) is 39.8 Å². The Labute approximate surface area is 237 Å². The molecule has 9 heteroatoms. The number of nitrogens with zero attached hydrogens (tertiary/aromatic N) is 2. The van der Waals surface area contributed by atoms with Crippen LogP contribution in [0.3, 0.4) is 0 Å². The average molecular weight is 568 g/mol. The normalized spacial score (nSPS) is 12.3. The highest BCUT2D eigenvalue weighted by atomic mass is 32.2. The van der Waals surface area contributed by atoms with Crippen LogP contribution in [0.2, 0.25) is 0 Å². The summed E-state index contributed by atoms with van der Waals surface area (Å²) >= 11 is 0. The summed E-state index contributed by atoms with van der Waals surface area (Å²) in [5, 5.41) is 2.82. The Morgan fingerprint density at radius 2 is 1.45 bits per heavy atom. The lowest BCUT2D eigenvalue weighted by molar-refractivity contribution is -0.139. The molecule has 0 unspecified atom stereocenters. The van der Waals surface area contributed by atoms with Crippen LogP contribution in [0, 0.1) is 11.7 Å². The van der Waals surface area contributed by atoms with Gasteiger partial charge in [0.2, 0.25) is 11.8 Å². The van der Waals surface area contributed by atoms with Crippen LogP contribution < -0.4 is 9.62 Å². The third-order valence-corrected chi connectivity index (χ3v) is 8.40. The number of hydrogen-bond acceptors (Lipinski definition) is 4. The Kier molecular flexibility index (Phi) is 10.5. The van der Waals surface area contributed by atoms with Gasteiger partial charge in [-0.3, -0.25) is 13.9 Å². The molecule has 0 saturated carbocycles. The molecule has 7 nitrogen and oxygen atoms in total. The Morgan fingerprint density at radius 3 is 2.02 bits per heavy atom. The summed E-state index contributed by atoms with van der Waals surface area (Å²) in [4.78, 5) is 28.2. The Bertz CT molecular complexity index is 1390. The molecule has 0 aliphatic rings. The average Bonchev–Trinajstić information content (AvgIpc) is 2.94. The maximum atomic E-state index is 14.6. The van der Waals surface area contributed by atoms with E-state index in [-0.39, 0.29) is 28.8 Å². The van der Waals surface area contributed by atoms with Crippen LogP contribution in [0.1, 0.15) is 51.7 Å². The summed E-state index contributed by atoms with van der Waals surface area (Å²) in [7, 11) is -4.15. The van der Waals surface area contributed by atoms with Crippen molar-refractivity contribution >= 4 is 27.5 Å². The molecule has 3 rings (SSSR count). The molecule has 1 atom stereocenters. The minimum atomic E-state index is -4.15. The Balaban J connectivity index is 2.02. The van der Waals surface area contributed by atoms with Crippen LogP contribution in [0.15, 0.2) is 83.8 Å². The minimum absolute atomic E-state index is 0.0270. The van der Waals surface area contributed by atoms with Gasteiger partial charge in [0, 0.05) is 18.7 Å². The fourth-order valence-corrected chi connectivity index (χ4v) is 5.55. The molecule has 1 N–H and O–H groups in total. The molecule has 0 heterocycles. The first kappa shape index (κ1) is 30.8. The minimum Gasteiger partial charge on any atom is -0.354 e. The van der Waals surface area contributed by atoms with E-state index in [2.05, 4.69) is 5.32 Å². The monoisotopic (exact) mass is 567 g/mol. The van der Waals surface area contributed by atoms with E-state index >= 15 is 0 Å². The van der Waals surface area contributed by atoms with Crippen LogP contribution in [0.5, 0.6) is 0 Å². The molecule has 0 saturated heterocycles. The number of rotatable bonds is 12. The first-order chi connectivity index (χ1) is 18.9. The summed E-state index contributed by atoms with van der Waals surface area (Å²) in [6.07, 6.45) is 0. The second kappa shape index (κ2) is 13.6. The van der Waals surface area contributed by atoms with Crippen molar-refractivity contribution in [2.45, 2.75) is 58.0 Å². The third kappa shape index (κ3) is 7.69. The SMILES string of the molecule is CC(C)CNC(=O)[C@@H](C)N(Cc1ccccc1F)C(=O)CN(c1ccc(C(C)C)cc1)S(=O)(=O)c1ccccc1. The van der Waals surface area contributed by atoms with Crippen molar-refractivity contribution in [3.63, 3.8) is 0 Å². The van der Waals surface area contributed by atoms with Gasteiger partial charge in [0.05, 0.1) is 10.6 Å². The molecule has 3 aromatic carbocycles. The lowest BCUT2D eigenvalue weighted by Crippen LogP contribution is -2.51. The predicted octanol–water partition coefficient (Wildman–Crippen LogP) is 5.33. The number of hydrogen-bond donors (Lipinski definition) is 1. The van der Waals surface area contributed by atoms with E-state index in [0.717, 1.165) is 9.87 Å². The standard InChI is InChI=1S/C31H38FN3O4S/c1-22(2)19-33-31(37)24(5)34(20-26-11-9-10-14-29(26)32)30(36)21-35(27-17-15-25(16-18-27)23(3)4)40(38,39)28-12-7-6-8-13-28/h6-18,22-24H,19-21H2,1-5H3,(H,33,37)/t24-/m1/s1. The first-order valence-corrected chi connectivity index (χ1v) is 14.8. The second-order valence-corrected chi connectivity index (χ2v) is 12.4. The van der Waals surface area contributed by atoms with Crippen LogP contribution >= 0.6 is 0 Å². The summed E-state index contributed by atoms with van der Waals surface area (Å²) in [6, 6.07) is 19.9. The van der Waals surface area contributed by atoms with Gasteiger partial charge in [-0.25, -0.2) is 12.8 Å². The topological polar surface area (TPSA) is 86.8 Å². The number of amides is 2. The summed E-state index contributed by atoms with van der Waals surface area (Å²) < 4.78 is 43.3. The lowest BCUT2D eigenvalue weighted by atomic mass is 10.0. The number of carbonyl (C=O) groups excluding carboxylic acids is 2. The van der Waals surface area contributed by atoms with Gasteiger partial charge in [0.1, 0.15) is 18.4 Å². The van der Waals surface area contributed by atoms with Crippen LogP contribution in [0.25, 0.3) is 0 Å². The van der Waals surface area contributed by atoms with Crippen molar-refractivity contribution in [1.29, 1.82) is 0 Å². The summed E-state index contributed by atoms with van der Waals surface area (Å²) in [5.74, 6) is -1.14. The summed E-state index contributed by atoms with van der Waals surface area (Å²) in [6.45, 7) is 9.14. The molecule has 0 fully saturated rings. The van der Waals surface area contributed by atoms with Crippen molar-refractivity contribution in [2.75, 3.05) is 17.4 Å². The molecule has 0 bridgehead atoms. The number of carbonyl (C=O) groups is 2. The van der Waals surface area contributed by atoms with Gasteiger partial charge in [-0.15, -0.1) is 0 Å². The number of nitrogens with one attached hydrogen (secondary N) is 1. The van der Waals surface area contributed by atoms with Gasteiger partial charge in [-0.1, -0.05) is 76.2 Å². The van der Waals surface area contributed by atoms with Gasteiger partial charge in [-0.2, -0.15) is 0 Å². The molecule has 0 aliphatic carbocycles. The first-order valence-electron chi connectivity index (χ1n) is 13.4. The van der Waals surface area contributed by atoms with Crippen LogP contribution in [-0.2, 0) is 26.2 Å². The van der Waals surface area contributed by atoms with E-state index < -0.39 is 40.2 Å². The number of sulfonamides is 1. The van der Waals surface area contributed by atoms with Crippen molar-refractivity contribution in [2.24, 2.45) is 5.92 Å². The molecule has 0 aliphatic heterocycles. The lowest BCUT2D eigenvalue weighted by Gasteiger charge is -2.32. The zero-order valence-corrected chi connectivity index (χ0v) is 24.5. The molecular formula is C31H38FN3O4S. The van der Waals surface area contributed by atoms with Gasteiger partial charge < -0.3 is 10.2 Å². The zero-order chi connectivity index (χ0) is 29.4. The number of halogens is 1. The fourth-order valence-electron chi connectivity index (χ4n) is 4.12. The zero-order valence-electron chi connectivity index (χ0n) is 23.7. The Hall–Kier alpha value is -3.72.